The molecule has 8 nitrogen and oxygen atoms in total. The first-order valence-electron chi connectivity index (χ1n) is 11.8. The fourth-order valence-corrected chi connectivity index (χ4v) is 4.39. The van der Waals surface area contributed by atoms with Crippen LogP contribution in [-0.2, 0) is 13.1 Å². The predicted octanol–water partition coefficient (Wildman–Crippen LogP) is 4.83. The molecular weight excluding hydrogens is 412 g/mol. The van der Waals surface area contributed by atoms with Gasteiger partial charge in [-0.1, -0.05) is 19.8 Å². The highest BCUT2D eigenvalue weighted by Gasteiger charge is 2.27. The number of nitriles is 1. The highest BCUT2D eigenvalue weighted by molar-refractivity contribution is 5.55. The lowest BCUT2D eigenvalue weighted by Crippen LogP contribution is -2.33. The second-order valence-corrected chi connectivity index (χ2v) is 8.73. The maximum Gasteiger partial charge on any atom is 0.140 e. The first-order chi connectivity index (χ1) is 16.1. The van der Waals surface area contributed by atoms with E-state index in [0.29, 0.717) is 5.69 Å². The van der Waals surface area contributed by atoms with Crippen LogP contribution in [0.1, 0.15) is 73.5 Å². The average molecular weight is 445 g/mol. The molecule has 0 aromatic carbocycles. The molecule has 0 bridgehead atoms. The van der Waals surface area contributed by atoms with E-state index in [-0.39, 0.29) is 6.04 Å². The average Bonchev–Trinajstić information content (AvgIpc) is 3.17. The van der Waals surface area contributed by atoms with Crippen LogP contribution in [0.4, 0.5) is 11.5 Å². The summed E-state index contributed by atoms with van der Waals surface area (Å²) in [5.41, 5.74) is 4.65. The lowest BCUT2D eigenvalue weighted by Gasteiger charge is -2.35. The van der Waals surface area contributed by atoms with E-state index in [0.717, 1.165) is 61.2 Å². The van der Waals surface area contributed by atoms with E-state index in [4.69, 9.17) is 15.3 Å². The lowest BCUT2D eigenvalue weighted by atomic mass is 9.98. The van der Waals surface area contributed by atoms with Crippen LogP contribution < -0.4 is 5.32 Å². The van der Waals surface area contributed by atoms with E-state index >= 15 is 0 Å². The third-order valence-electron chi connectivity index (χ3n) is 6.13. The number of nitrogens with one attached hydrogen (secondary N) is 1. The molecular formula is C25H32N8. The van der Waals surface area contributed by atoms with Gasteiger partial charge in [0.25, 0.3) is 0 Å². The molecule has 4 rings (SSSR count). The number of hydrogen-bond donors (Lipinski definition) is 1. The molecule has 0 amide bonds. The fourth-order valence-electron chi connectivity index (χ4n) is 4.39. The van der Waals surface area contributed by atoms with Crippen LogP contribution in [0.5, 0.6) is 0 Å². The van der Waals surface area contributed by atoms with Crippen molar-refractivity contribution in [2.24, 2.45) is 0 Å². The molecule has 1 N–H and O–H groups in total. The van der Waals surface area contributed by atoms with Gasteiger partial charge in [-0.25, -0.2) is 15.0 Å². The van der Waals surface area contributed by atoms with E-state index in [1.807, 2.05) is 25.1 Å². The molecule has 8 heteroatoms. The molecule has 4 heterocycles. The Balaban J connectivity index is 1.53. The second kappa shape index (κ2) is 10.5. The third-order valence-corrected chi connectivity index (χ3v) is 6.13. The zero-order valence-corrected chi connectivity index (χ0v) is 19.8. The van der Waals surface area contributed by atoms with Gasteiger partial charge in [-0.15, -0.1) is 0 Å². The molecule has 1 fully saturated rings. The maximum absolute atomic E-state index is 8.96. The molecule has 1 atom stereocenters. The zero-order valence-electron chi connectivity index (χ0n) is 19.8. The molecule has 3 aromatic heterocycles. The summed E-state index contributed by atoms with van der Waals surface area (Å²) in [6.07, 6.45) is 9.67. The van der Waals surface area contributed by atoms with Crippen LogP contribution in [-0.4, -0.2) is 36.2 Å². The number of rotatable bonds is 8. The van der Waals surface area contributed by atoms with Gasteiger partial charge in [-0.2, -0.15) is 10.4 Å². The molecule has 0 spiro atoms. The van der Waals surface area contributed by atoms with Crippen LogP contribution in [0.2, 0.25) is 0 Å². The SMILES string of the molecule is CCCCn1cc(CN2CCCC[C@@H]2c2cc(Nc3ccc(C#N)nc3)nc(C)n2)c(C)n1. The molecule has 1 aliphatic rings. The van der Waals surface area contributed by atoms with Crippen molar-refractivity contribution in [3.8, 4) is 6.07 Å². The molecule has 1 saturated heterocycles. The molecule has 0 aliphatic carbocycles. The van der Waals surface area contributed by atoms with Crippen LogP contribution >= 0.6 is 0 Å². The number of aromatic nitrogens is 5. The van der Waals surface area contributed by atoms with Gasteiger partial charge in [0.15, 0.2) is 0 Å². The number of nitrogens with zero attached hydrogens (tertiary/aromatic N) is 7. The maximum atomic E-state index is 8.96. The molecule has 0 saturated carbocycles. The highest BCUT2D eigenvalue weighted by Crippen LogP contribution is 2.32. The highest BCUT2D eigenvalue weighted by atomic mass is 15.3. The van der Waals surface area contributed by atoms with E-state index in [2.05, 4.69) is 44.9 Å². The van der Waals surface area contributed by atoms with E-state index in [9.17, 15) is 0 Å². The Kier molecular flexibility index (Phi) is 7.30. The van der Waals surface area contributed by atoms with Crippen LogP contribution in [0.3, 0.4) is 0 Å². The van der Waals surface area contributed by atoms with Crippen LogP contribution in [0.25, 0.3) is 0 Å². The number of unbranched alkanes of at least 4 members (excludes halogenated alkanes) is 1. The first kappa shape index (κ1) is 22.9. The van der Waals surface area contributed by atoms with Crippen molar-refractivity contribution >= 4 is 11.5 Å². The van der Waals surface area contributed by atoms with Gasteiger partial charge in [-0.05, 0) is 51.8 Å². The Hall–Kier alpha value is -3.31. The Morgan fingerprint density at radius 1 is 1.21 bits per heavy atom. The zero-order chi connectivity index (χ0) is 23.2. The van der Waals surface area contributed by atoms with Crippen LogP contribution in [0.15, 0.2) is 30.6 Å². The minimum Gasteiger partial charge on any atom is -0.339 e. The van der Waals surface area contributed by atoms with Crippen molar-refractivity contribution in [2.45, 2.75) is 72.0 Å². The number of piperidine rings is 1. The van der Waals surface area contributed by atoms with E-state index in [1.165, 1.54) is 24.8 Å². The molecule has 3 aromatic rings. The predicted molar refractivity (Wildman–Crippen MR) is 128 cm³/mol. The quantitative estimate of drug-likeness (QED) is 0.532. The molecule has 0 radical (unpaired) electrons. The van der Waals surface area contributed by atoms with Gasteiger partial charge in [0.05, 0.1) is 29.3 Å². The van der Waals surface area contributed by atoms with E-state index < -0.39 is 0 Å². The van der Waals surface area contributed by atoms with Crippen molar-refractivity contribution in [3.05, 3.63) is 59.1 Å². The second-order valence-electron chi connectivity index (χ2n) is 8.73. The standard InChI is InChI=1S/C25H32N8/c1-4-5-12-33-17-20(18(2)31-33)16-32-11-7-6-8-24(32)23-13-25(29-19(3)28-23)30-22-10-9-21(14-26)27-15-22/h9-10,13,15,17,24H,4-8,11-12,16H2,1-3H3,(H,28,29,30)/t24-/m1/s1. The van der Waals surface area contributed by atoms with Crippen molar-refractivity contribution in [1.82, 2.24) is 29.6 Å². The summed E-state index contributed by atoms with van der Waals surface area (Å²) in [5.74, 6) is 1.49. The molecule has 0 unspecified atom stereocenters. The summed E-state index contributed by atoms with van der Waals surface area (Å²) >= 11 is 0. The van der Waals surface area contributed by atoms with Gasteiger partial charge >= 0.3 is 0 Å². The normalized spacial score (nSPS) is 16.5. The Bertz CT molecular complexity index is 1110. The Morgan fingerprint density at radius 3 is 2.85 bits per heavy atom. The number of hydrogen-bond acceptors (Lipinski definition) is 7. The number of likely N-dealkylation sites (tertiary alicyclic amines) is 1. The molecule has 1 aliphatic heterocycles. The van der Waals surface area contributed by atoms with Crippen LogP contribution in [0, 0.1) is 25.2 Å². The minimum atomic E-state index is 0.249. The Morgan fingerprint density at radius 2 is 2.09 bits per heavy atom. The van der Waals surface area contributed by atoms with E-state index in [1.54, 1.807) is 12.3 Å². The summed E-state index contributed by atoms with van der Waals surface area (Å²) in [5, 5.41) is 17.0. The van der Waals surface area contributed by atoms with Gasteiger partial charge < -0.3 is 5.32 Å². The number of aryl methyl sites for hydroxylation is 3. The summed E-state index contributed by atoms with van der Waals surface area (Å²) in [6, 6.07) is 7.88. The molecule has 33 heavy (non-hydrogen) atoms. The monoisotopic (exact) mass is 444 g/mol. The van der Waals surface area contributed by atoms with Crippen molar-refractivity contribution in [1.29, 1.82) is 5.26 Å². The molecule has 172 valence electrons. The number of pyridine rings is 1. The van der Waals surface area contributed by atoms with Gasteiger partial charge in [0.1, 0.15) is 23.4 Å². The minimum absolute atomic E-state index is 0.249. The van der Waals surface area contributed by atoms with Crippen molar-refractivity contribution in [3.63, 3.8) is 0 Å². The van der Waals surface area contributed by atoms with Gasteiger partial charge in [-0.3, -0.25) is 9.58 Å². The smallest absolute Gasteiger partial charge is 0.140 e. The lowest BCUT2D eigenvalue weighted by molar-refractivity contribution is 0.137. The fraction of sp³-hybridized carbons (Fsp3) is 0.480. The first-order valence-corrected chi connectivity index (χ1v) is 11.8. The number of anilines is 2. The third kappa shape index (κ3) is 5.74. The van der Waals surface area contributed by atoms with Gasteiger partial charge in [0, 0.05) is 30.9 Å². The topological polar surface area (TPSA) is 95.5 Å². The summed E-state index contributed by atoms with van der Waals surface area (Å²) in [4.78, 5) is 16.1. The van der Waals surface area contributed by atoms with Crippen molar-refractivity contribution < 1.29 is 0 Å². The Labute approximate surface area is 195 Å². The van der Waals surface area contributed by atoms with Gasteiger partial charge in [0.2, 0.25) is 0 Å². The summed E-state index contributed by atoms with van der Waals surface area (Å²) in [6.45, 7) is 9.16. The summed E-state index contributed by atoms with van der Waals surface area (Å²) in [7, 11) is 0. The van der Waals surface area contributed by atoms with Crippen molar-refractivity contribution in [2.75, 3.05) is 11.9 Å². The summed E-state index contributed by atoms with van der Waals surface area (Å²) < 4.78 is 2.09. The largest absolute Gasteiger partial charge is 0.339 e.